The molecule has 10 heteroatoms. The number of aliphatic hydroxyl groups excluding tert-OH is 1. The van der Waals surface area contributed by atoms with E-state index in [-0.39, 0.29) is 35.3 Å². The number of hydrogen-bond acceptors (Lipinski definition) is 7. The van der Waals surface area contributed by atoms with Gasteiger partial charge in [0.25, 0.3) is 6.43 Å². The molecule has 2 heterocycles. The molecule has 170 valence electrons. The van der Waals surface area contributed by atoms with Gasteiger partial charge in [-0.2, -0.15) is 4.98 Å². The summed E-state index contributed by atoms with van der Waals surface area (Å²) in [7, 11) is 0. The van der Waals surface area contributed by atoms with Gasteiger partial charge in [-0.05, 0) is 62.7 Å². The number of nitrogen functional groups attached to an aromatic ring is 1. The number of alkyl halides is 2. The van der Waals surface area contributed by atoms with E-state index < -0.39 is 29.6 Å². The molecule has 0 amide bonds. The maximum Gasteiger partial charge on any atom is 0.280 e. The van der Waals surface area contributed by atoms with Crippen LogP contribution in [0.3, 0.4) is 0 Å². The molecular formula is C22H23F3N4O3. The van der Waals surface area contributed by atoms with Gasteiger partial charge in [-0.3, -0.25) is 4.98 Å². The van der Waals surface area contributed by atoms with Crippen molar-refractivity contribution in [1.29, 1.82) is 0 Å². The fraction of sp³-hybridized carbons (Fsp3) is 0.318. The Morgan fingerprint density at radius 1 is 1.09 bits per heavy atom. The topological polar surface area (TPSA) is 114 Å². The molecule has 3 aromatic rings. The summed E-state index contributed by atoms with van der Waals surface area (Å²) < 4.78 is 46.0. The Kier molecular flexibility index (Phi) is 6.65. The minimum absolute atomic E-state index is 0.0939. The summed E-state index contributed by atoms with van der Waals surface area (Å²) in [6.45, 7) is 3.95. The molecule has 0 aliphatic rings. The molecule has 0 saturated heterocycles. The summed E-state index contributed by atoms with van der Waals surface area (Å²) in [5, 5.41) is 20.1. The van der Waals surface area contributed by atoms with Crippen LogP contribution in [0.15, 0.2) is 36.4 Å². The number of nitrogens with zero attached hydrogens (tertiary/aromatic N) is 3. The smallest absolute Gasteiger partial charge is 0.280 e. The van der Waals surface area contributed by atoms with Crippen LogP contribution in [0.2, 0.25) is 0 Å². The van der Waals surface area contributed by atoms with Crippen LogP contribution in [0.5, 0.6) is 5.88 Å². The molecule has 0 saturated carbocycles. The third-order valence-corrected chi connectivity index (χ3v) is 4.90. The second kappa shape index (κ2) is 9.09. The maximum absolute atomic E-state index is 13.5. The molecule has 0 fully saturated rings. The summed E-state index contributed by atoms with van der Waals surface area (Å²) in [4.78, 5) is 12.2. The minimum Gasteiger partial charge on any atom is -0.474 e. The summed E-state index contributed by atoms with van der Waals surface area (Å²) in [5.74, 6) is -0.746. The molecule has 4 N–H and O–H groups in total. The first-order valence-corrected chi connectivity index (χ1v) is 9.71. The third kappa shape index (κ3) is 5.14. The van der Waals surface area contributed by atoms with E-state index in [0.717, 1.165) is 0 Å². The number of pyridine rings is 1. The van der Waals surface area contributed by atoms with E-state index in [2.05, 4.69) is 15.0 Å². The zero-order chi connectivity index (χ0) is 23.6. The van der Waals surface area contributed by atoms with Gasteiger partial charge in [-0.15, -0.1) is 0 Å². The van der Waals surface area contributed by atoms with E-state index in [1.54, 1.807) is 13.0 Å². The van der Waals surface area contributed by atoms with E-state index >= 15 is 0 Å². The van der Waals surface area contributed by atoms with E-state index in [9.17, 15) is 23.4 Å². The molecule has 3 rings (SSSR count). The maximum atomic E-state index is 13.5. The number of halogens is 3. The van der Waals surface area contributed by atoms with Gasteiger partial charge in [0.1, 0.15) is 23.7 Å². The lowest BCUT2D eigenvalue weighted by atomic mass is 9.99. The van der Waals surface area contributed by atoms with Gasteiger partial charge in [-0.25, -0.2) is 18.2 Å². The van der Waals surface area contributed by atoms with Gasteiger partial charge in [0.15, 0.2) is 0 Å². The number of nitrogens with two attached hydrogens (primary N) is 1. The van der Waals surface area contributed by atoms with Crippen molar-refractivity contribution in [3.05, 3.63) is 53.6 Å². The van der Waals surface area contributed by atoms with Crippen molar-refractivity contribution in [3.63, 3.8) is 0 Å². The summed E-state index contributed by atoms with van der Waals surface area (Å²) in [5.41, 5.74) is 5.24. The predicted octanol–water partition coefficient (Wildman–Crippen LogP) is 3.68. The Hall–Kier alpha value is -3.24. The van der Waals surface area contributed by atoms with Crippen LogP contribution in [-0.2, 0) is 0 Å². The molecule has 2 atom stereocenters. The molecule has 2 aromatic heterocycles. The third-order valence-electron chi connectivity index (χ3n) is 4.90. The molecule has 0 bridgehead atoms. The number of aromatic nitrogens is 3. The highest BCUT2D eigenvalue weighted by Crippen LogP contribution is 2.39. The van der Waals surface area contributed by atoms with Gasteiger partial charge in [0, 0.05) is 11.3 Å². The van der Waals surface area contributed by atoms with Crippen molar-refractivity contribution < 1.29 is 28.1 Å². The summed E-state index contributed by atoms with van der Waals surface area (Å²) >= 11 is 0. The quantitative estimate of drug-likeness (QED) is 0.505. The number of ether oxygens (including phenoxy) is 1. The van der Waals surface area contributed by atoms with E-state index in [1.165, 1.54) is 44.2 Å². The number of benzene rings is 1. The zero-order valence-electron chi connectivity index (χ0n) is 17.7. The van der Waals surface area contributed by atoms with Crippen LogP contribution >= 0.6 is 0 Å². The average Bonchev–Trinajstić information content (AvgIpc) is 2.71. The lowest BCUT2D eigenvalue weighted by Crippen LogP contribution is -2.43. The van der Waals surface area contributed by atoms with E-state index in [0.29, 0.717) is 11.3 Å². The number of rotatable bonds is 7. The van der Waals surface area contributed by atoms with Crippen LogP contribution in [0.4, 0.5) is 19.1 Å². The molecule has 0 aliphatic heterocycles. The Morgan fingerprint density at radius 3 is 2.34 bits per heavy atom. The van der Waals surface area contributed by atoms with Crippen LogP contribution in [-0.4, -0.2) is 43.5 Å². The molecular weight excluding hydrogens is 425 g/mol. The summed E-state index contributed by atoms with van der Waals surface area (Å²) in [6.07, 6.45) is -3.95. The van der Waals surface area contributed by atoms with Gasteiger partial charge in [0.05, 0.1) is 17.4 Å². The molecule has 0 spiro atoms. The van der Waals surface area contributed by atoms with Crippen LogP contribution in [0.25, 0.3) is 22.4 Å². The number of anilines is 1. The second-order valence-electron chi connectivity index (χ2n) is 7.66. The molecule has 2 unspecified atom stereocenters. The van der Waals surface area contributed by atoms with Gasteiger partial charge < -0.3 is 20.7 Å². The molecule has 0 radical (unpaired) electrons. The van der Waals surface area contributed by atoms with Gasteiger partial charge in [-0.1, -0.05) is 0 Å². The van der Waals surface area contributed by atoms with Gasteiger partial charge in [0.2, 0.25) is 11.8 Å². The van der Waals surface area contributed by atoms with E-state index in [4.69, 9.17) is 10.5 Å². The van der Waals surface area contributed by atoms with Crippen LogP contribution in [0, 0.1) is 12.7 Å². The van der Waals surface area contributed by atoms with Crippen molar-refractivity contribution >= 4 is 5.95 Å². The number of aliphatic hydroxyl groups is 2. The lowest BCUT2D eigenvalue weighted by Gasteiger charge is -2.27. The first kappa shape index (κ1) is 23.4. The lowest BCUT2D eigenvalue weighted by molar-refractivity contribution is -0.0784. The highest BCUT2D eigenvalue weighted by Gasteiger charge is 2.29. The SMILES string of the molecule is Cc1cc(-c2c(OCC(C)(O)C(C)O)nc(N)nc2-c2ccc(F)cc2)cc(C(F)F)n1. The van der Waals surface area contributed by atoms with Crippen molar-refractivity contribution in [2.24, 2.45) is 0 Å². The molecule has 32 heavy (non-hydrogen) atoms. The zero-order valence-corrected chi connectivity index (χ0v) is 17.7. The fourth-order valence-electron chi connectivity index (χ4n) is 2.92. The standard InChI is InChI=1S/C22H23F3N4O3/c1-11-8-14(9-16(27-11)19(24)25)17-18(13-4-6-15(23)7-5-13)28-21(26)29-20(17)32-10-22(3,31)12(2)30/h4-9,12,19,30-31H,10H2,1-3H3,(H2,26,28,29). The van der Waals surface area contributed by atoms with Crippen molar-refractivity contribution in [2.45, 2.75) is 38.9 Å². The Balaban J connectivity index is 2.24. The molecule has 7 nitrogen and oxygen atoms in total. The normalized spacial score (nSPS) is 14.3. The van der Waals surface area contributed by atoms with Crippen molar-refractivity contribution in [3.8, 4) is 28.3 Å². The minimum atomic E-state index is -2.82. The predicted molar refractivity (Wildman–Crippen MR) is 113 cm³/mol. The highest BCUT2D eigenvalue weighted by atomic mass is 19.3. The molecule has 1 aromatic carbocycles. The second-order valence-corrected chi connectivity index (χ2v) is 7.66. The Bertz CT molecular complexity index is 1110. The van der Waals surface area contributed by atoms with Crippen molar-refractivity contribution in [1.82, 2.24) is 15.0 Å². The highest BCUT2D eigenvalue weighted by molar-refractivity contribution is 5.85. The average molecular weight is 448 g/mol. The van der Waals surface area contributed by atoms with Crippen LogP contribution < -0.4 is 10.5 Å². The van der Waals surface area contributed by atoms with E-state index in [1.807, 2.05) is 0 Å². The van der Waals surface area contributed by atoms with Crippen LogP contribution in [0.1, 0.15) is 31.7 Å². The molecule has 0 aliphatic carbocycles. The Morgan fingerprint density at radius 2 is 1.75 bits per heavy atom. The first-order chi connectivity index (χ1) is 15.0. The number of hydrogen-bond donors (Lipinski definition) is 3. The largest absolute Gasteiger partial charge is 0.474 e. The fourth-order valence-corrected chi connectivity index (χ4v) is 2.92. The van der Waals surface area contributed by atoms with Crippen molar-refractivity contribution in [2.75, 3.05) is 12.3 Å². The monoisotopic (exact) mass is 448 g/mol. The first-order valence-electron chi connectivity index (χ1n) is 9.71. The Labute approximate surface area is 182 Å². The van der Waals surface area contributed by atoms with Gasteiger partial charge >= 0.3 is 0 Å². The number of aryl methyl sites for hydroxylation is 1. The summed E-state index contributed by atoms with van der Waals surface area (Å²) in [6, 6.07) is 8.08.